The van der Waals surface area contributed by atoms with Crippen LogP contribution in [0.2, 0.25) is 0 Å². The molecule has 1 heterocycles. The van der Waals surface area contributed by atoms with Crippen molar-refractivity contribution in [1.82, 2.24) is 20.8 Å². The molecule has 1 aromatic heterocycles. The van der Waals surface area contributed by atoms with E-state index in [0.717, 1.165) is 0 Å². The molecule has 1 atom stereocenters. The normalized spacial score (nSPS) is 11.9. The van der Waals surface area contributed by atoms with Gasteiger partial charge in [0.25, 0.3) is 5.91 Å². The van der Waals surface area contributed by atoms with E-state index in [1.54, 1.807) is 0 Å². The zero-order chi connectivity index (χ0) is 20.0. The van der Waals surface area contributed by atoms with E-state index < -0.39 is 23.8 Å². The summed E-state index contributed by atoms with van der Waals surface area (Å²) in [6, 6.07) is 6.09. The van der Waals surface area contributed by atoms with Gasteiger partial charge in [-0.1, -0.05) is 13.8 Å². The number of H-pyrrole nitrogens is 1. The second-order valence-corrected chi connectivity index (χ2v) is 6.44. The summed E-state index contributed by atoms with van der Waals surface area (Å²) in [6.07, 6.45) is 0.288. The number of carbonyl (C=O) groups is 3. The maximum Gasteiger partial charge on any atom is 0.326 e. The fourth-order valence-electron chi connectivity index (χ4n) is 2.40. The molecule has 0 fully saturated rings. The van der Waals surface area contributed by atoms with Crippen LogP contribution < -0.4 is 10.6 Å². The molecular weight excluding hydrogens is 355 g/mol. The first-order valence-corrected chi connectivity index (χ1v) is 8.38. The van der Waals surface area contributed by atoms with E-state index in [9.17, 15) is 18.8 Å². The van der Waals surface area contributed by atoms with Crippen LogP contribution in [0.5, 0.6) is 0 Å². The average molecular weight is 376 g/mol. The Labute approximate surface area is 155 Å². The number of amides is 2. The summed E-state index contributed by atoms with van der Waals surface area (Å²) in [6.45, 7) is 3.33. The third-order valence-electron chi connectivity index (χ3n) is 3.71. The number of rotatable bonds is 8. The molecule has 0 aliphatic carbocycles. The number of nitrogens with one attached hydrogen (secondary N) is 3. The van der Waals surface area contributed by atoms with Crippen LogP contribution in [0.4, 0.5) is 4.39 Å². The molecule has 0 saturated carbocycles. The van der Waals surface area contributed by atoms with Crippen molar-refractivity contribution in [3.8, 4) is 11.3 Å². The highest BCUT2D eigenvalue weighted by Crippen LogP contribution is 2.17. The lowest BCUT2D eigenvalue weighted by atomic mass is 10.0. The average Bonchev–Trinajstić information content (AvgIpc) is 3.09. The molecule has 1 aromatic carbocycles. The third-order valence-corrected chi connectivity index (χ3v) is 3.71. The summed E-state index contributed by atoms with van der Waals surface area (Å²) in [4.78, 5) is 35.1. The quantitative estimate of drug-likeness (QED) is 0.557. The highest BCUT2D eigenvalue weighted by atomic mass is 19.1. The van der Waals surface area contributed by atoms with Crippen LogP contribution in [-0.2, 0) is 9.59 Å². The molecule has 0 aliphatic heterocycles. The van der Waals surface area contributed by atoms with Gasteiger partial charge in [-0.2, -0.15) is 5.10 Å². The summed E-state index contributed by atoms with van der Waals surface area (Å²) >= 11 is 0. The van der Waals surface area contributed by atoms with E-state index in [0.29, 0.717) is 11.3 Å². The van der Waals surface area contributed by atoms with Crippen LogP contribution in [0.25, 0.3) is 11.3 Å². The first-order chi connectivity index (χ1) is 12.8. The predicted molar refractivity (Wildman–Crippen MR) is 95.3 cm³/mol. The molecule has 0 spiro atoms. The molecule has 8 nitrogen and oxygen atoms in total. The number of nitrogens with zero attached hydrogens (tertiary/aromatic N) is 1. The fourth-order valence-corrected chi connectivity index (χ4v) is 2.40. The first kappa shape index (κ1) is 20.1. The van der Waals surface area contributed by atoms with Crippen LogP contribution in [-0.4, -0.2) is 45.7 Å². The molecule has 0 aliphatic rings. The summed E-state index contributed by atoms with van der Waals surface area (Å²) in [5.41, 5.74) is 1.20. The van der Waals surface area contributed by atoms with Crippen LogP contribution >= 0.6 is 0 Å². The van der Waals surface area contributed by atoms with E-state index in [1.807, 2.05) is 13.8 Å². The Hall–Kier alpha value is -3.23. The number of hydrogen-bond donors (Lipinski definition) is 4. The van der Waals surface area contributed by atoms with Crippen LogP contribution in [0.3, 0.4) is 0 Å². The van der Waals surface area contributed by atoms with Gasteiger partial charge in [0.1, 0.15) is 17.6 Å². The molecule has 27 heavy (non-hydrogen) atoms. The van der Waals surface area contributed by atoms with Crippen LogP contribution in [0, 0.1) is 11.7 Å². The molecule has 9 heteroatoms. The summed E-state index contributed by atoms with van der Waals surface area (Å²) in [7, 11) is 0. The number of carboxylic acid groups (broad SMARTS) is 1. The first-order valence-electron chi connectivity index (χ1n) is 8.38. The number of aromatic amines is 1. The van der Waals surface area contributed by atoms with Crippen molar-refractivity contribution in [3.63, 3.8) is 0 Å². The number of aromatic nitrogens is 2. The Balaban J connectivity index is 1.91. The van der Waals surface area contributed by atoms with Gasteiger partial charge in [-0.3, -0.25) is 14.7 Å². The Morgan fingerprint density at radius 2 is 1.89 bits per heavy atom. The van der Waals surface area contributed by atoms with E-state index in [-0.39, 0.29) is 30.4 Å². The molecule has 0 saturated heterocycles. The molecule has 2 rings (SSSR count). The third kappa shape index (κ3) is 5.91. The summed E-state index contributed by atoms with van der Waals surface area (Å²) in [5, 5.41) is 20.4. The second-order valence-electron chi connectivity index (χ2n) is 6.44. The Morgan fingerprint density at radius 1 is 1.22 bits per heavy atom. The van der Waals surface area contributed by atoms with Crippen molar-refractivity contribution in [2.45, 2.75) is 26.3 Å². The van der Waals surface area contributed by atoms with Crippen LogP contribution in [0.1, 0.15) is 30.8 Å². The lowest BCUT2D eigenvalue weighted by Crippen LogP contribution is -2.46. The lowest BCUT2D eigenvalue weighted by Gasteiger charge is -2.16. The van der Waals surface area contributed by atoms with Gasteiger partial charge in [0.2, 0.25) is 5.91 Å². The van der Waals surface area contributed by atoms with E-state index in [1.165, 1.54) is 30.3 Å². The zero-order valence-corrected chi connectivity index (χ0v) is 15.0. The summed E-state index contributed by atoms with van der Waals surface area (Å²) in [5.74, 6) is -2.58. The minimum Gasteiger partial charge on any atom is -0.480 e. The molecule has 2 amide bonds. The fraction of sp³-hybridized carbons (Fsp3) is 0.333. The van der Waals surface area contributed by atoms with Gasteiger partial charge in [0.15, 0.2) is 0 Å². The number of benzene rings is 1. The topological polar surface area (TPSA) is 124 Å². The van der Waals surface area contributed by atoms with Crippen molar-refractivity contribution >= 4 is 17.8 Å². The number of carboxylic acids is 1. The number of aliphatic carboxylic acids is 1. The largest absolute Gasteiger partial charge is 0.480 e. The van der Waals surface area contributed by atoms with Crippen molar-refractivity contribution < 1.29 is 23.9 Å². The highest BCUT2D eigenvalue weighted by molar-refractivity contribution is 5.96. The number of hydrogen-bond acceptors (Lipinski definition) is 4. The van der Waals surface area contributed by atoms with E-state index >= 15 is 0 Å². The standard InChI is InChI=1S/C18H21FN4O4/c1-10(2)7-15(18(26)27)21-16(24)9-20-17(25)14-8-13(22-23-14)11-3-5-12(19)6-4-11/h3-6,8,10,15H,7,9H2,1-2H3,(H,20,25)(H,21,24)(H,22,23)(H,26,27)/t15-/m0/s1. The molecule has 4 N–H and O–H groups in total. The lowest BCUT2D eigenvalue weighted by molar-refractivity contribution is -0.142. The zero-order valence-electron chi connectivity index (χ0n) is 15.0. The predicted octanol–water partition coefficient (Wildman–Crippen LogP) is 1.56. The summed E-state index contributed by atoms with van der Waals surface area (Å²) < 4.78 is 13.0. The van der Waals surface area contributed by atoms with Crippen molar-refractivity contribution in [2.75, 3.05) is 6.54 Å². The van der Waals surface area contributed by atoms with Gasteiger partial charge in [0.05, 0.1) is 12.2 Å². The van der Waals surface area contributed by atoms with Gasteiger partial charge in [-0.15, -0.1) is 0 Å². The van der Waals surface area contributed by atoms with Crippen molar-refractivity contribution in [1.29, 1.82) is 0 Å². The van der Waals surface area contributed by atoms with Crippen molar-refractivity contribution in [3.05, 3.63) is 41.8 Å². The molecule has 2 aromatic rings. The second kappa shape index (κ2) is 8.93. The number of carbonyl (C=O) groups excluding carboxylic acids is 2. The van der Waals surface area contributed by atoms with Gasteiger partial charge in [0, 0.05) is 5.56 Å². The Morgan fingerprint density at radius 3 is 2.48 bits per heavy atom. The minimum atomic E-state index is -1.12. The smallest absolute Gasteiger partial charge is 0.326 e. The molecule has 0 bridgehead atoms. The Bertz CT molecular complexity index is 817. The molecule has 0 unspecified atom stereocenters. The minimum absolute atomic E-state index is 0.0934. The van der Waals surface area contributed by atoms with Gasteiger partial charge >= 0.3 is 5.97 Å². The molecular formula is C18H21FN4O4. The van der Waals surface area contributed by atoms with Gasteiger partial charge in [-0.05, 0) is 42.7 Å². The maximum atomic E-state index is 13.0. The van der Waals surface area contributed by atoms with Crippen LogP contribution in [0.15, 0.2) is 30.3 Å². The maximum absolute atomic E-state index is 13.0. The van der Waals surface area contributed by atoms with E-state index in [2.05, 4.69) is 20.8 Å². The molecule has 144 valence electrons. The van der Waals surface area contributed by atoms with Gasteiger partial charge < -0.3 is 15.7 Å². The number of halogens is 1. The van der Waals surface area contributed by atoms with E-state index in [4.69, 9.17) is 5.11 Å². The molecule has 0 radical (unpaired) electrons. The highest BCUT2D eigenvalue weighted by Gasteiger charge is 2.21. The van der Waals surface area contributed by atoms with Gasteiger partial charge in [-0.25, -0.2) is 9.18 Å². The SMILES string of the molecule is CC(C)C[C@H](NC(=O)CNC(=O)c1cc(-c2ccc(F)cc2)n[nH]1)C(=O)O. The van der Waals surface area contributed by atoms with Crippen molar-refractivity contribution in [2.24, 2.45) is 5.92 Å². The Kier molecular flexibility index (Phi) is 6.64. The monoisotopic (exact) mass is 376 g/mol.